The number of benzene rings is 3. The van der Waals surface area contributed by atoms with Crippen molar-refractivity contribution in [1.82, 2.24) is 0 Å². The maximum Gasteiger partial charge on any atom is 0.300 e. The number of hydrogen-bond acceptors (Lipinski definition) is 4. The summed E-state index contributed by atoms with van der Waals surface area (Å²) in [5.41, 5.74) is 4.94. The summed E-state index contributed by atoms with van der Waals surface area (Å²) in [6.45, 7) is 8.30. The van der Waals surface area contributed by atoms with Crippen LogP contribution < -0.4 is 9.64 Å². The number of hydrogen-bond donors (Lipinski definition) is 1. The molecule has 168 valence electrons. The average Bonchev–Trinajstić information content (AvgIpc) is 3.06. The van der Waals surface area contributed by atoms with E-state index in [9.17, 15) is 14.7 Å². The molecular weight excluding hydrogens is 414 g/mol. The van der Waals surface area contributed by atoms with Gasteiger partial charge in [-0.2, -0.15) is 0 Å². The molecule has 1 aliphatic heterocycles. The highest BCUT2D eigenvalue weighted by Gasteiger charge is 2.47. The zero-order chi connectivity index (χ0) is 23.7. The molecule has 0 bridgehead atoms. The molecule has 0 aromatic heterocycles. The van der Waals surface area contributed by atoms with E-state index in [1.165, 1.54) is 4.90 Å². The van der Waals surface area contributed by atoms with E-state index in [0.717, 1.165) is 16.7 Å². The van der Waals surface area contributed by atoms with Crippen LogP contribution in [-0.4, -0.2) is 23.4 Å². The summed E-state index contributed by atoms with van der Waals surface area (Å²) in [7, 11) is 0. The number of carbonyl (C=O) groups is 2. The van der Waals surface area contributed by atoms with E-state index in [4.69, 9.17) is 4.74 Å². The Morgan fingerprint density at radius 2 is 1.67 bits per heavy atom. The summed E-state index contributed by atoms with van der Waals surface area (Å²) in [5.74, 6) is -0.843. The van der Waals surface area contributed by atoms with Gasteiger partial charge in [0.25, 0.3) is 11.7 Å². The molecule has 1 heterocycles. The van der Waals surface area contributed by atoms with Crippen LogP contribution in [0.5, 0.6) is 5.75 Å². The van der Waals surface area contributed by atoms with Gasteiger partial charge in [-0.05, 0) is 80.3 Å². The number of aliphatic hydroxyl groups is 1. The molecule has 0 spiro atoms. The molecule has 0 aliphatic carbocycles. The fraction of sp³-hybridized carbons (Fsp3) is 0.214. The molecule has 1 saturated heterocycles. The molecule has 1 N–H and O–H groups in total. The van der Waals surface area contributed by atoms with Crippen molar-refractivity contribution < 1.29 is 19.4 Å². The second-order valence-electron chi connectivity index (χ2n) is 8.31. The Kier molecular flexibility index (Phi) is 6.05. The number of ketones is 1. The van der Waals surface area contributed by atoms with Gasteiger partial charge in [-0.15, -0.1) is 0 Å². The number of carbonyl (C=O) groups excluding carboxylic acids is 2. The van der Waals surface area contributed by atoms with Gasteiger partial charge in [0.15, 0.2) is 0 Å². The minimum Gasteiger partial charge on any atom is -0.507 e. The minimum atomic E-state index is -0.760. The first-order valence-corrected chi connectivity index (χ1v) is 11.0. The number of nitrogens with zero attached hydrogens (tertiary/aromatic N) is 1. The van der Waals surface area contributed by atoms with Crippen molar-refractivity contribution in [3.8, 4) is 5.75 Å². The Bertz CT molecular complexity index is 1260. The highest BCUT2D eigenvalue weighted by Crippen LogP contribution is 2.42. The van der Waals surface area contributed by atoms with Gasteiger partial charge in [0.2, 0.25) is 0 Å². The molecular formula is C28H27NO4. The zero-order valence-electron chi connectivity index (χ0n) is 19.3. The highest BCUT2D eigenvalue weighted by molar-refractivity contribution is 6.51. The molecule has 1 atom stereocenters. The third-order valence-corrected chi connectivity index (χ3v) is 6.01. The summed E-state index contributed by atoms with van der Waals surface area (Å²) in [6.07, 6.45) is 0. The van der Waals surface area contributed by atoms with Crippen LogP contribution in [-0.2, 0) is 9.59 Å². The summed E-state index contributed by atoms with van der Waals surface area (Å²) >= 11 is 0. The van der Waals surface area contributed by atoms with Gasteiger partial charge < -0.3 is 9.84 Å². The van der Waals surface area contributed by atoms with Gasteiger partial charge in [0.05, 0.1) is 18.2 Å². The Labute approximate surface area is 193 Å². The molecule has 3 aromatic carbocycles. The van der Waals surface area contributed by atoms with Gasteiger partial charge in [0.1, 0.15) is 11.5 Å². The smallest absolute Gasteiger partial charge is 0.300 e. The van der Waals surface area contributed by atoms with Crippen LogP contribution in [0.2, 0.25) is 0 Å². The third-order valence-electron chi connectivity index (χ3n) is 6.01. The standard InChI is InChI=1S/C28H27NO4/c1-5-33-23-13-11-20(12-14-23)25-24(26(30)21-10-9-18(3)19(4)16-21)27(31)28(32)29(25)22-8-6-7-17(2)15-22/h6-16,25,30H,5H2,1-4H3/b26-24-. The first-order valence-electron chi connectivity index (χ1n) is 11.0. The molecule has 3 aromatic rings. The number of amides is 1. The Balaban J connectivity index is 1.92. The van der Waals surface area contributed by atoms with Crippen molar-refractivity contribution in [1.29, 1.82) is 0 Å². The molecule has 5 heteroatoms. The summed E-state index contributed by atoms with van der Waals surface area (Å²) in [5, 5.41) is 11.3. The van der Waals surface area contributed by atoms with Crippen LogP contribution in [0.1, 0.15) is 40.8 Å². The lowest BCUT2D eigenvalue weighted by atomic mass is 9.94. The average molecular weight is 442 g/mol. The van der Waals surface area contributed by atoms with E-state index in [0.29, 0.717) is 29.2 Å². The SMILES string of the molecule is CCOc1ccc(C2/C(=C(/O)c3ccc(C)c(C)c3)C(=O)C(=O)N2c2cccc(C)c2)cc1. The van der Waals surface area contributed by atoms with Crippen molar-refractivity contribution in [2.24, 2.45) is 0 Å². The lowest BCUT2D eigenvalue weighted by Crippen LogP contribution is -2.29. The van der Waals surface area contributed by atoms with Crippen molar-refractivity contribution in [3.63, 3.8) is 0 Å². The normalized spacial score (nSPS) is 17.5. The summed E-state index contributed by atoms with van der Waals surface area (Å²) in [4.78, 5) is 28.0. The van der Waals surface area contributed by atoms with Crippen LogP contribution in [0, 0.1) is 20.8 Å². The molecule has 1 aliphatic rings. The maximum absolute atomic E-state index is 13.3. The Morgan fingerprint density at radius 3 is 2.30 bits per heavy atom. The quantitative estimate of drug-likeness (QED) is 0.316. The molecule has 5 nitrogen and oxygen atoms in total. The first kappa shape index (κ1) is 22.3. The van der Waals surface area contributed by atoms with E-state index in [1.807, 2.05) is 82.3 Å². The first-order chi connectivity index (χ1) is 15.8. The van der Waals surface area contributed by atoms with Crippen molar-refractivity contribution >= 4 is 23.1 Å². The van der Waals surface area contributed by atoms with Crippen LogP contribution in [0.15, 0.2) is 72.3 Å². The number of aryl methyl sites for hydroxylation is 3. The zero-order valence-corrected chi connectivity index (χ0v) is 19.3. The molecule has 0 saturated carbocycles. The van der Waals surface area contributed by atoms with Gasteiger partial charge >= 0.3 is 0 Å². The van der Waals surface area contributed by atoms with Gasteiger partial charge in [-0.1, -0.05) is 36.4 Å². The summed E-state index contributed by atoms with van der Waals surface area (Å²) in [6, 6.07) is 19.5. The lowest BCUT2D eigenvalue weighted by molar-refractivity contribution is -0.132. The predicted molar refractivity (Wildman–Crippen MR) is 129 cm³/mol. The number of rotatable bonds is 5. The monoisotopic (exact) mass is 441 g/mol. The fourth-order valence-electron chi connectivity index (χ4n) is 4.15. The Morgan fingerprint density at radius 1 is 0.939 bits per heavy atom. The van der Waals surface area contributed by atoms with Crippen molar-refractivity contribution in [2.45, 2.75) is 33.7 Å². The predicted octanol–water partition coefficient (Wildman–Crippen LogP) is 5.64. The van der Waals surface area contributed by atoms with Gasteiger partial charge in [-0.3, -0.25) is 14.5 Å². The topological polar surface area (TPSA) is 66.8 Å². The van der Waals surface area contributed by atoms with Crippen LogP contribution in [0.3, 0.4) is 0 Å². The number of aliphatic hydroxyl groups excluding tert-OH is 1. The molecule has 1 amide bonds. The van der Waals surface area contributed by atoms with E-state index in [1.54, 1.807) is 12.1 Å². The number of Topliss-reactive ketones (excluding diaryl/α,β-unsaturated/α-hetero) is 1. The van der Waals surface area contributed by atoms with Crippen LogP contribution >= 0.6 is 0 Å². The highest BCUT2D eigenvalue weighted by atomic mass is 16.5. The summed E-state index contributed by atoms with van der Waals surface area (Å²) < 4.78 is 5.55. The van der Waals surface area contributed by atoms with E-state index >= 15 is 0 Å². The number of ether oxygens (including phenoxy) is 1. The molecule has 1 fully saturated rings. The molecule has 0 radical (unpaired) electrons. The van der Waals surface area contributed by atoms with E-state index in [-0.39, 0.29) is 11.3 Å². The van der Waals surface area contributed by atoms with Crippen molar-refractivity contribution in [2.75, 3.05) is 11.5 Å². The van der Waals surface area contributed by atoms with E-state index < -0.39 is 17.7 Å². The van der Waals surface area contributed by atoms with Crippen molar-refractivity contribution in [3.05, 3.63) is 100 Å². The molecule has 4 rings (SSSR count). The van der Waals surface area contributed by atoms with Crippen LogP contribution in [0.25, 0.3) is 5.76 Å². The fourth-order valence-corrected chi connectivity index (χ4v) is 4.15. The molecule has 1 unspecified atom stereocenters. The largest absolute Gasteiger partial charge is 0.507 e. The minimum absolute atomic E-state index is 0.0777. The van der Waals surface area contributed by atoms with Crippen LogP contribution in [0.4, 0.5) is 5.69 Å². The Hall–Kier alpha value is -3.86. The van der Waals surface area contributed by atoms with E-state index in [2.05, 4.69) is 0 Å². The van der Waals surface area contributed by atoms with Gasteiger partial charge in [0, 0.05) is 11.3 Å². The maximum atomic E-state index is 13.3. The third kappa shape index (κ3) is 4.14. The number of anilines is 1. The van der Waals surface area contributed by atoms with Gasteiger partial charge in [-0.25, -0.2) is 0 Å². The second-order valence-corrected chi connectivity index (χ2v) is 8.31. The lowest BCUT2D eigenvalue weighted by Gasteiger charge is -2.26. The molecule has 33 heavy (non-hydrogen) atoms. The second kappa shape index (κ2) is 8.94.